The van der Waals surface area contributed by atoms with Crippen molar-refractivity contribution in [3.63, 3.8) is 0 Å². The van der Waals surface area contributed by atoms with E-state index in [1.807, 2.05) is 0 Å². The molecule has 0 fully saturated rings. The van der Waals surface area contributed by atoms with E-state index in [2.05, 4.69) is 70.2 Å². The van der Waals surface area contributed by atoms with Gasteiger partial charge in [0.05, 0.1) is 0 Å². The van der Waals surface area contributed by atoms with Gasteiger partial charge < -0.3 is 0 Å². The second-order valence-corrected chi connectivity index (χ2v) is 14.2. The average Bonchev–Trinajstić information content (AvgIpc) is 3.05. The molecule has 0 amide bonds. The van der Waals surface area contributed by atoms with Crippen LogP contribution in [0.5, 0.6) is 0 Å². The first-order chi connectivity index (χ1) is 22.3. The highest BCUT2D eigenvalue weighted by Crippen LogP contribution is 2.24. The van der Waals surface area contributed by atoms with Gasteiger partial charge in [0.15, 0.2) is 0 Å². The van der Waals surface area contributed by atoms with E-state index in [4.69, 9.17) is 0 Å². The fourth-order valence-electron chi connectivity index (χ4n) is 6.41. The van der Waals surface area contributed by atoms with Crippen LogP contribution in [-0.2, 0) is 0 Å². The topological polar surface area (TPSA) is 0 Å². The van der Waals surface area contributed by atoms with E-state index in [0.717, 1.165) is 0 Å². The van der Waals surface area contributed by atoms with E-state index >= 15 is 0 Å². The smallest absolute Gasteiger partial charge is 0.00178 e. The van der Waals surface area contributed by atoms with Crippen LogP contribution >= 0.6 is 0 Å². The van der Waals surface area contributed by atoms with Crippen LogP contribution in [-0.4, -0.2) is 0 Å². The quantitative estimate of drug-likeness (QED) is 0.0369. The van der Waals surface area contributed by atoms with E-state index in [0.29, 0.717) is 5.92 Å². The monoisotopic (exact) mass is 625 g/mol. The molecule has 1 atom stereocenters. The van der Waals surface area contributed by atoms with Crippen molar-refractivity contribution in [2.45, 2.75) is 233 Å². The summed E-state index contributed by atoms with van der Waals surface area (Å²) in [7, 11) is 0. The Morgan fingerprint density at radius 2 is 0.733 bits per heavy atom. The van der Waals surface area contributed by atoms with Gasteiger partial charge >= 0.3 is 0 Å². The summed E-state index contributed by atoms with van der Waals surface area (Å²) < 4.78 is 0. The molecule has 0 saturated carbocycles. The Kier molecular flexibility index (Phi) is 38.2. The van der Waals surface area contributed by atoms with Gasteiger partial charge in [-0.1, -0.05) is 231 Å². The van der Waals surface area contributed by atoms with E-state index in [1.54, 1.807) is 5.57 Å². The van der Waals surface area contributed by atoms with Crippen molar-refractivity contribution in [2.24, 2.45) is 5.92 Å². The zero-order chi connectivity index (χ0) is 32.7. The van der Waals surface area contributed by atoms with Crippen molar-refractivity contribution in [3.8, 4) is 0 Å². The lowest BCUT2D eigenvalue weighted by Gasteiger charge is -2.15. The van der Waals surface area contributed by atoms with Crippen molar-refractivity contribution >= 4 is 0 Å². The highest BCUT2D eigenvalue weighted by Gasteiger charge is 2.09. The van der Waals surface area contributed by atoms with Crippen LogP contribution in [0.4, 0.5) is 0 Å². The van der Waals surface area contributed by atoms with Gasteiger partial charge in [0, 0.05) is 5.92 Å². The molecule has 0 heteroatoms. The van der Waals surface area contributed by atoms with Crippen molar-refractivity contribution in [1.82, 2.24) is 0 Å². The van der Waals surface area contributed by atoms with Gasteiger partial charge in [-0.05, 0) is 50.5 Å². The highest BCUT2D eigenvalue weighted by atomic mass is 14.1. The predicted molar refractivity (Wildman–Crippen MR) is 209 cm³/mol. The van der Waals surface area contributed by atoms with Gasteiger partial charge in [0.2, 0.25) is 0 Å². The first-order valence-corrected chi connectivity index (χ1v) is 21.0. The predicted octanol–water partition coefficient (Wildman–Crippen LogP) is 16.8. The van der Waals surface area contributed by atoms with Crippen LogP contribution in [0.2, 0.25) is 0 Å². The minimum atomic E-state index is 0.568. The zero-order valence-electron chi connectivity index (χ0n) is 31.7. The summed E-state index contributed by atoms with van der Waals surface area (Å²) in [5.41, 5.74) is 1.55. The molecule has 0 heterocycles. The Morgan fingerprint density at radius 3 is 1.18 bits per heavy atom. The number of hydrogen-bond donors (Lipinski definition) is 0. The lowest BCUT2D eigenvalue weighted by Crippen LogP contribution is -2.00. The van der Waals surface area contributed by atoms with Crippen LogP contribution in [0.25, 0.3) is 0 Å². The zero-order valence-corrected chi connectivity index (χ0v) is 31.7. The SMILES string of the molecule is CCCCCCCC/C=C/C=C(\C=C\CCCCCCCC)C(/C=C/CCCCCCCC)CCCCCCCCCCCC. The molecule has 0 aromatic heterocycles. The molecule has 0 aliphatic carbocycles. The number of hydrogen-bond acceptors (Lipinski definition) is 0. The van der Waals surface area contributed by atoms with Crippen molar-refractivity contribution in [3.05, 3.63) is 48.1 Å². The molecule has 0 spiro atoms. The number of allylic oxidation sites excluding steroid dienone is 8. The third kappa shape index (κ3) is 34.1. The van der Waals surface area contributed by atoms with E-state index < -0.39 is 0 Å². The summed E-state index contributed by atoms with van der Waals surface area (Å²) in [6.45, 7) is 9.25. The van der Waals surface area contributed by atoms with E-state index in [9.17, 15) is 0 Å². The third-order valence-electron chi connectivity index (χ3n) is 9.57. The van der Waals surface area contributed by atoms with E-state index in [-0.39, 0.29) is 0 Å². The first-order valence-electron chi connectivity index (χ1n) is 21.0. The summed E-state index contributed by atoms with van der Waals surface area (Å²) in [6.07, 6.45) is 61.6. The van der Waals surface area contributed by atoms with Crippen LogP contribution in [0, 0.1) is 5.92 Å². The normalized spacial score (nSPS) is 13.3. The minimum Gasteiger partial charge on any atom is -0.0879 e. The summed E-state index contributed by atoms with van der Waals surface area (Å²) in [6, 6.07) is 0. The highest BCUT2D eigenvalue weighted by molar-refractivity contribution is 5.29. The van der Waals surface area contributed by atoms with Gasteiger partial charge in [-0.2, -0.15) is 0 Å². The standard InChI is InChI=1S/C45H84/c1-5-9-13-17-21-25-27-31-35-39-43-45(41-37-33-29-24-20-16-12-8-4)44(40-36-32-28-23-19-15-11-7-3)42-38-34-30-26-22-18-14-10-6-2/h34,36-38,40-42,45H,5-33,35,39,43H2,1-4H3/b38-34+,40-36+,41-37+,44-42+. The van der Waals surface area contributed by atoms with Crippen molar-refractivity contribution < 1.29 is 0 Å². The van der Waals surface area contributed by atoms with Crippen molar-refractivity contribution in [2.75, 3.05) is 0 Å². The van der Waals surface area contributed by atoms with Crippen LogP contribution < -0.4 is 0 Å². The molecule has 0 aromatic rings. The molecule has 0 aromatic carbocycles. The minimum absolute atomic E-state index is 0.568. The second kappa shape index (κ2) is 39.1. The largest absolute Gasteiger partial charge is 0.0879 e. The Hall–Kier alpha value is -1.04. The van der Waals surface area contributed by atoms with Crippen LogP contribution in [0.15, 0.2) is 48.1 Å². The lowest BCUT2D eigenvalue weighted by molar-refractivity contribution is 0.534. The molecule has 264 valence electrons. The summed E-state index contributed by atoms with van der Waals surface area (Å²) in [5, 5.41) is 0. The number of unbranched alkanes of at least 4 members (excludes halogenated alkanes) is 27. The molecule has 0 N–H and O–H groups in total. The second-order valence-electron chi connectivity index (χ2n) is 14.2. The van der Waals surface area contributed by atoms with Gasteiger partial charge in [0.25, 0.3) is 0 Å². The fraction of sp³-hybridized carbons (Fsp3) is 0.822. The molecular formula is C45H84. The Morgan fingerprint density at radius 1 is 0.378 bits per heavy atom. The van der Waals surface area contributed by atoms with Gasteiger partial charge in [0.1, 0.15) is 0 Å². The maximum atomic E-state index is 2.60. The lowest BCUT2D eigenvalue weighted by atomic mass is 9.90. The van der Waals surface area contributed by atoms with Crippen molar-refractivity contribution in [1.29, 1.82) is 0 Å². The molecule has 0 aliphatic rings. The number of rotatable bonds is 36. The van der Waals surface area contributed by atoms with Crippen LogP contribution in [0.3, 0.4) is 0 Å². The van der Waals surface area contributed by atoms with Crippen LogP contribution in [0.1, 0.15) is 233 Å². The maximum Gasteiger partial charge on any atom is 0.00178 e. The summed E-state index contributed by atoms with van der Waals surface area (Å²) in [5.74, 6) is 0.568. The Balaban J connectivity index is 5.13. The molecule has 45 heavy (non-hydrogen) atoms. The first kappa shape index (κ1) is 44.0. The van der Waals surface area contributed by atoms with Gasteiger partial charge in [-0.3, -0.25) is 0 Å². The molecule has 0 nitrogen and oxygen atoms in total. The van der Waals surface area contributed by atoms with Gasteiger partial charge in [-0.15, -0.1) is 0 Å². The summed E-state index contributed by atoms with van der Waals surface area (Å²) in [4.78, 5) is 0. The molecule has 0 saturated heterocycles. The Bertz CT molecular complexity index is 662. The Labute approximate surface area is 286 Å². The molecule has 0 bridgehead atoms. The molecule has 0 radical (unpaired) electrons. The third-order valence-corrected chi connectivity index (χ3v) is 9.57. The fourth-order valence-corrected chi connectivity index (χ4v) is 6.41. The van der Waals surface area contributed by atoms with Gasteiger partial charge in [-0.25, -0.2) is 0 Å². The maximum absolute atomic E-state index is 2.60. The van der Waals surface area contributed by atoms with E-state index in [1.165, 1.54) is 205 Å². The molecular weight excluding hydrogens is 540 g/mol. The summed E-state index contributed by atoms with van der Waals surface area (Å²) >= 11 is 0. The molecule has 0 rings (SSSR count). The molecule has 0 aliphatic heterocycles. The molecule has 1 unspecified atom stereocenters. The average molecular weight is 625 g/mol.